The fourth-order valence-corrected chi connectivity index (χ4v) is 3.46. The Morgan fingerprint density at radius 3 is 2.58 bits per heavy atom. The van der Waals surface area contributed by atoms with Crippen LogP contribution in [0.15, 0.2) is 53.7 Å². The number of aromatic nitrogens is 3. The van der Waals surface area contributed by atoms with Crippen molar-refractivity contribution in [3.05, 3.63) is 58.6 Å². The third kappa shape index (κ3) is 4.03. The summed E-state index contributed by atoms with van der Waals surface area (Å²) >= 11 is 13.4. The summed E-state index contributed by atoms with van der Waals surface area (Å²) in [6, 6.07) is 14.9. The minimum absolute atomic E-state index is 0.191. The first kappa shape index (κ1) is 18.8. The molecule has 1 amide bonds. The molecule has 0 radical (unpaired) electrons. The maximum atomic E-state index is 12.5. The fourth-order valence-electron chi connectivity index (χ4n) is 2.30. The SMILES string of the molecule is CC(Sc1nnc(-c2ccccc2)n1C)C(=O)Nc1cccc(Cl)c1Cl. The van der Waals surface area contributed by atoms with Gasteiger partial charge in [-0.25, -0.2) is 0 Å². The molecule has 1 unspecified atom stereocenters. The lowest BCUT2D eigenvalue weighted by atomic mass is 10.2. The lowest BCUT2D eigenvalue weighted by molar-refractivity contribution is -0.115. The molecule has 1 N–H and O–H groups in total. The molecule has 0 aliphatic heterocycles. The maximum absolute atomic E-state index is 12.5. The van der Waals surface area contributed by atoms with E-state index < -0.39 is 5.25 Å². The molecular formula is C18H16Cl2N4OS. The van der Waals surface area contributed by atoms with Gasteiger partial charge in [-0.1, -0.05) is 71.4 Å². The van der Waals surface area contributed by atoms with Gasteiger partial charge in [0.15, 0.2) is 11.0 Å². The molecule has 0 bridgehead atoms. The minimum Gasteiger partial charge on any atom is -0.324 e. The van der Waals surface area contributed by atoms with E-state index >= 15 is 0 Å². The van der Waals surface area contributed by atoms with Crippen LogP contribution in [0.25, 0.3) is 11.4 Å². The number of amides is 1. The van der Waals surface area contributed by atoms with Crippen molar-refractivity contribution in [2.45, 2.75) is 17.3 Å². The Balaban J connectivity index is 1.72. The summed E-state index contributed by atoms with van der Waals surface area (Å²) in [5.41, 5.74) is 1.46. The average molecular weight is 407 g/mol. The molecule has 1 aromatic heterocycles. The second-order valence-corrected chi connectivity index (χ2v) is 7.68. The Labute approximate surface area is 165 Å². The van der Waals surface area contributed by atoms with Crippen molar-refractivity contribution in [1.82, 2.24) is 14.8 Å². The molecule has 3 rings (SSSR count). The Morgan fingerprint density at radius 1 is 1.12 bits per heavy atom. The van der Waals surface area contributed by atoms with Gasteiger partial charge < -0.3 is 9.88 Å². The number of hydrogen-bond acceptors (Lipinski definition) is 4. The van der Waals surface area contributed by atoms with Crippen molar-refractivity contribution < 1.29 is 4.79 Å². The lowest BCUT2D eigenvalue weighted by Gasteiger charge is -2.13. The van der Waals surface area contributed by atoms with E-state index in [1.165, 1.54) is 11.8 Å². The van der Waals surface area contributed by atoms with E-state index in [1.54, 1.807) is 25.1 Å². The van der Waals surface area contributed by atoms with E-state index in [9.17, 15) is 4.79 Å². The van der Waals surface area contributed by atoms with Gasteiger partial charge in [-0.15, -0.1) is 10.2 Å². The van der Waals surface area contributed by atoms with E-state index in [-0.39, 0.29) is 5.91 Å². The first-order valence-corrected chi connectivity index (χ1v) is 9.47. The molecule has 1 heterocycles. The molecule has 3 aromatic rings. The molecule has 0 spiro atoms. The van der Waals surface area contributed by atoms with Crippen LogP contribution in [-0.4, -0.2) is 25.9 Å². The Morgan fingerprint density at radius 2 is 1.85 bits per heavy atom. The zero-order chi connectivity index (χ0) is 18.7. The van der Waals surface area contributed by atoms with Gasteiger partial charge in [0.25, 0.3) is 0 Å². The van der Waals surface area contributed by atoms with Gasteiger partial charge in [0.2, 0.25) is 5.91 Å². The number of carbonyl (C=O) groups excluding carboxylic acids is 1. The normalized spacial score (nSPS) is 12.0. The van der Waals surface area contributed by atoms with Gasteiger partial charge in [-0.3, -0.25) is 4.79 Å². The molecule has 0 fully saturated rings. The molecule has 0 aliphatic carbocycles. The topological polar surface area (TPSA) is 59.8 Å². The molecule has 8 heteroatoms. The summed E-state index contributed by atoms with van der Waals surface area (Å²) in [6.45, 7) is 1.80. The third-order valence-corrected chi connectivity index (χ3v) is 5.68. The van der Waals surface area contributed by atoms with Crippen LogP contribution in [-0.2, 0) is 11.8 Å². The Bertz CT molecular complexity index is 930. The van der Waals surface area contributed by atoms with E-state index in [0.717, 1.165) is 11.4 Å². The number of anilines is 1. The summed E-state index contributed by atoms with van der Waals surface area (Å²) in [4.78, 5) is 12.5. The van der Waals surface area contributed by atoms with E-state index in [1.807, 2.05) is 41.9 Å². The second kappa shape index (κ2) is 8.12. The molecule has 2 aromatic carbocycles. The molecular weight excluding hydrogens is 391 g/mol. The number of benzene rings is 2. The molecule has 5 nitrogen and oxygen atoms in total. The summed E-state index contributed by atoms with van der Waals surface area (Å²) in [6.07, 6.45) is 0. The smallest absolute Gasteiger partial charge is 0.237 e. The number of carbonyl (C=O) groups is 1. The van der Waals surface area contributed by atoms with Crippen LogP contribution in [0.4, 0.5) is 5.69 Å². The van der Waals surface area contributed by atoms with Gasteiger partial charge in [-0.05, 0) is 19.1 Å². The zero-order valence-electron chi connectivity index (χ0n) is 14.1. The number of nitrogens with zero attached hydrogens (tertiary/aromatic N) is 3. The summed E-state index contributed by atoms with van der Waals surface area (Å²) in [5, 5.41) is 12.2. The lowest BCUT2D eigenvalue weighted by Crippen LogP contribution is -2.23. The number of hydrogen-bond donors (Lipinski definition) is 1. The number of halogens is 2. The molecule has 134 valence electrons. The van der Waals surface area contributed by atoms with Crippen molar-refractivity contribution in [3.63, 3.8) is 0 Å². The highest BCUT2D eigenvalue weighted by atomic mass is 35.5. The Kier molecular flexibility index (Phi) is 5.86. The van der Waals surface area contributed by atoms with Gasteiger partial charge in [0, 0.05) is 12.6 Å². The second-order valence-electron chi connectivity index (χ2n) is 5.58. The highest BCUT2D eigenvalue weighted by Crippen LogP contribution is 2.31. The van der Waals surface area contributed by atoms with Crippen LogP contribution in [0.2, 0.25) is 10.0 Å². The average Bonchev–Trinajstić information content (AvgIpc) is 3.00. The minimum atomic E-state index is -0.392. The van der Waals surface area contributed by atoms with Crippen LogP contribution in [0.3, 0.4) is 0 Å². The standard InChI is InChI=1S/C18H16Cl2N4OS/c1-11(17(25)21-14-10-6-9-13(19)15(14)20)26-18-23-22-16(24(18)2)12-7-4-3-5-8-12/h3-11H,1-2H3,(H,21,25). The highest BCUT2D eigenvalue weighted by molar-refractivity contribution is 8.00. The van der Waals surface area contributed by atoms with E-state index in [4.69, 9.17) is 23.2 Å². The summed E-state index contributed by atoms with van der Waals surface area (Å²) in [5.74, 6) is 0.557. The monoisotopic (exact) mass is 406 g/mol. The van der Waals surface area contributed by atoms with Crippen molar-refractivity contribution >= 4 is 46.6 Å². The highest BCUT2D eigenvalue weighted by Gasteiger charge is 2.20. The van der Waals surface area contributed by atoms with Crippen LogP contribution in [0.1, 0.15) is 6.92 Å². The van der Waals surface area contributed by atoms with Crippen LogP contribution >= 0.6 is 35.0 Å². The molecule has 0 aliphatic rings. The third-order valence-electron chi connectivity index (χ3n) is 3.73. The first-order chi connectivity index (χ1) is 12.5. The largest absolute Gasteiger partial charge is 0.324 e. The van der Waals surface area contributed by atoms with E-state index in [2.05, 4.69) is 15.5 Å². The maximum Gasteiger partial charge on any atom is 0.237 e. The van der Waals surface area contributed by atoms with Crippen molar-refractivity contribution in [2.24, 2.45) is 7.05 Å². The first-order valence-electron chi connectivity index (χ1n) is 7.83. The van der Waals surface area contributed by atoms with E-state index in [0.29, 0.717) is 20.9 Å². The number of nitrogens with one attached hydrogen (secondary N) is 1. The quantitative estimate of drug-likeness (QED) is 0.611. The van der Waals surface area contributed by atoms with Gasteiger partial charge >= 0.3 is 0 Å². The molecule has 0 saturated heterocycles. The van der Waals surface area contributed by atoms with Crippen LogP contribution in [0, 0.1) is 0 Å². The fraction of sp³-hybridized carbons (Fsp3) is 0.167. The number of thioether (sulfide) groups is 1. The van der Waals surface area contributed by atoms with Crippen molar-refractivity contribution in [1.29, 1.82) is 0 Å². The van der Waals surface area contributed by atoms with Gasteiger partial charge in [-0.2, -0.15) is 0 Å². The van der Waals surface area contributed by atoms with Crippen molar-refractivity contribution in [2.75, 3.05) is 5.32 Å². The van der Waals surface area contributed by atoms with Crippen LogP contribution < -0.4 is 5.32 Å². The predicted octanol–water partition coefficient (Wildman–Crippen LogP) is 4.91. The predicted molar refractivity (Wildman–Crippen MR) is 107 cm³/mol. The van der Waals surface area contributed by atoms with Crippen LogP contribution in [0.5, 0.6) is 0 Å². The number of rotatable bonds is 5. The summed E-state index contributed by atoms with van der Waals surface area (Å²) < 4.78 is 1.87. The summed E-state index contributed by atoms with van der Waals surface area (Å²) in [7, 11) is 1.88. The Hall–Kier alpha value is -2.02. The molecule has 0 saturated carbocycles. The van der Waals surface area contributed by atoms with Gasteiger partial charge in [0.1, 0.15) is 0 Å². The molecule has 26 heavy (non-hydrogen) atoms. The van der Waals surface area contributed by atoms with Crippen molar-refractivity contribution in [3.8, 4) is 11.4 Å². The molecule has 1 atom stereocenters. The van der Waals surface area contributed by atoms with Gasteiger partial charge in [0.05, 0.1) is 21.0 Å². The zero-order valence-corrected chi connectivity index (χ0v) is 16.4.